The molecule has 0 aromatic heterocycles. The van der Waals surface area contributed by atoms with Crippen molar-refractivity contribution in [3.05, 3.63) is 59.7 Å². The van der Waals surface area contributed by atoms with Gasteiger partial charge in [0.2, 0.25) is 5.91 Å². The number of nitrogens with one attached hydrogen (secondary N) is 1. The fraction of sp³-hybridized carbons (Fsp3) is 0.435. The molecule has 0 spiro atoms. The molecule has 1 unspecified atom stereocenters. The summed E-state index contributed by atoms with van der Waals surface area (Å²) in [6.07, 6.45) is -0.674. The Morgan fingerprint density at radius 3 is 2.24 bits per heavy atom. The van der Waals surface area contributed by atoms with Crippen LogP contribution in [-0.2, 0) is 4.79 Å². The first kappa shape index (κ1) is 25.0. The van der Waals surface area contributed by atoms with Gasteiger partial charge in [-0.25, -0.2) is 0 Å². The van der Waals surface area contributed by atoms with E-state index >= 15 is 0 Å². The Kier molecular flexibility index (Phi) is 10.7. The number of aryl methyl sites for hydroxylation is 2. The minimum atomic E-state index is -0.674. The molecule has 0 fully saturated rings. The number of carbonyl (C=O) groups excluding carboxylic acids is 1. The summed E-state index contributed by atoms with van der Waals surface area (Å²) in [5.74, 6) is 1.04. The maximum absolute atomic E-state index is 12.6. The molecule has 0 aliphatic rings. The summed E-state index contributed by atoms with van der Waals surface area (Å²) < 4.78 is 5.63. The van der Waals surface area contributed by atoms with E-state index in [1.165, 1.54) is 0 Å². The lowest BCUT2D eigenvalue weighted by Crippen LogP contribution is -2.42. The van der Waals surface area contributed by atoms with Crippen molar-refractivity contribution in [2.75, 3.05) is 31.6 Å². The Balaban J connectivity index is 0.00000420. The summed E-state index contributed by atoms with van der Waals surface area (Å²) in [4.78, 5) is 14.6. The van der Waals surface area contributed by atoms with Crippen LogP contribution < -0.4 is 10.1 Å². The Hall–Kier alpha value is -2.08. The number of aliphatic hydroxyl groups excluding tert-OH is 1. The molecule has 0 aliphatic heterocycles. The highest BCUT2D eigenvalue weighted by atomic mass is 35.5. The van der Waals surface area contributed by atoms with Gasteiger partial charge in [-0.05, 0) is 43.0 Å². The van der Waals surface area contributed by atoms with Gasteiger partial charge in [0.1, 0.15) is 18.5 Å². The van der Waals surface area contributed by atoms with E-state index in [-0.39, 0.29) is 31.5 Å². The van der Waals surface area contributed by atoms with Crippen molar-refractivity contribution < 1.29 is 14.6 Å². The Morgan fingerprint density at radius 2 is 1.66 bits per heavy atom. The van der Waals surface area contributed by atoms with Crippen molar-refractivity contribution in [2.45, 2.75) is 33.8 Å². The summed E-state index contributed by atoms with van der Waals surface area (Å²) in [5.41, 5.74) is 2.95. The number of hydrogen-bond donors (Lipinski definition) is 2. The molecule has 160 valence electrons. The smallest absolute Gasteiger partial charge is 0.238 e. The zero-order valence-corrected chi connectivity index (χ0v) is 18.5. The van der Waals surface area contributed by atoms with Crippen LogP contribution in [0, 0.1) is 19.8 Å². The molecule has 2 rings (SSSR count). The van der Waals surface area contributed by atoms with Crippen molar-refractivity contribution >= 4 is 24.0 Å². The molecule has 0 aliphatic carbocycles. The second-order valence-corrected chi connectivity index (χ2v) is 7.68. The van der Waals surface area contributed by atoms with Crippen molar-refractivity contribution in [3.8, 4) is 5.75 Å². The zero-order chi connectivity index (χ0) is 20.5. The number of rotatable bonds is 10. The van der Waals surface area contributed by atoms with Crippen LogP contribution in [0.5, 0.6) is 5.75 Å². The molecule has 2 aromatic rings. The molecule has 0 bridgehead atoms. The minimum Gasteiger partial charge on any atom is -0.491 e. The highest BCUT2D eigenvalue weighted by Crippen LogP contribution is 2.19. The molecule has 0 radical (unpaired) electrons. The third-order valence-electron chi connectivity index (χ3n) is 4.39. The van der Waals surface area contributed by atoms with Gasteiger partial charge in [-0.1, -0.05) is 50.2 Å². The van der Waals surface area contributed by atoms with Crippen molar-refractivity contribution in [1.82, 2.24) is 4.90 Å². The van der Waals surface area contributed by atoms with Gasteiger partial charge in [-0.15, -0.1) is 12.4 Å². The number of aliphatic hydroxyl groups is 1. The number of hydrogen-bond acceptors (Lipinski definition) is 4. The zero-order valence-electron chi connectivity index (χ0n) is 17.7. The predicted octanol–water partition coefficient (Wildman–Crippen LogP) is 4.06. The largest absolute Gasteiger partial charge is 0.491 e. The van der Waals surface area contributed by atoms with Crippen molar-refractivity contribution in [1.29, 1.82) is 0 Å². The number of nitrogens with zero attached hydrogens (tertiary/aromatic N) is 1. The van der Waals surface area contributed by atoms with Crippen LogP contribution in [0.3, 0.4) is 0 Å². The highest BCUT2D eigenvalue weighted by Gasteiger charge is 2.18. The van der Waals surface area contributed by atoms with E-state index < -0.39 is 6.10 Å². The first-order valence-corrected chi connectivity index (χ1v) is 9.79. The first-order chi connectivity index (χ1) is 13.3. The van der Waals surface area contributed by atoms with Gasteiger partial charge in [0, 0.05) is 18.8 Å². The normalized spacial score (nSPS) is 11.8. The molecule has 0 saturated heterocycles. The summed E-state index contributed by atoms with van der Waals surface area (Å²) >= 11 is 0. The van der Waals surface area contributed by atoms with Gasteiger partial charge in [0.15, 0.2) is 0 Å². The van der Waals surface area contributed by atoms with Crippen LogP contribution in [0.15, 0.2) is 48.5 Å². The van der Waals surface area contributed by atoms with Crippen LogP contribution in [0.4, 0.5) is 5.69 Å². The molecular formula is C23H33ClN2O3. The molecule has 29 heavy (non-hydrogen) atoms. The predicted molar refractivity (Wildman–Crippen MR) is 121 cm³/mol. The number of benzene rings is 2. The lowest BCUT2D eigenvalue weighted by molar-refractivity contribution is -0.117. The lowest BCUT2D eigenvalue weighted by atomic mass is 10.1. The van der Waals surface area contributed by atoms with Gasteiger partial charge < -0.3 is 15.2 Å². The standard InChI is InChI=1S/C23H32N2O3.ClH/c1-17(2)13-25(14-20(26)16-28-21-11-6-5-7-12-21)15-22(27)24-23-18(3)9-8-10-19(23)4;/h5-12,17,20,26H,13-16H2,1-4H3,(H,24,27);1H. The molecule has 5 nitrogen and oxygen atoms in total. The van der Waals surface area contributed by atoms with Gasteiger partial charge in [0.05, 0.1) is 6.54 Å². The molecule has 0 heterocycles. The van der Waals surface area contributed by atoms with E-state index in [9.17, 15) is 9.90 Å². The van der Waals surface area contributed by atoms with E-state index in [1.54, 1.807) is 0 Å². The monoisotopic (exact) mass is 420 g/mol. The average Bonchev–Trinajstić information content (AvgIpc) is 2.63. The Bertz CT molecular complexity index is 733. The van der Waals surface area contributed by atoms with Crippen LogP contribution >= 0.6 is 12.4 Å². The molecule has 6 heteroatoms. The summed E-state index contributed by atoms with van der Waals surface area (Å²) in [5, 5.41) is 13.4. The number of anilines is 1. The summed E-state index contributed by atoms with van der Waals surface area (Å²) in [6.45, 7) is 9.70. The third kappa shape index (κ3) is 8.86. The molecule has 2 aromatic carbocycles. The number of para-hydroxylation sites is 2. The molecule has 1 amide bonds. The Morgan fingerprint density at radius 1 is 1.03 bits per heavy atom. The van der Waals surface area contributed by atoms with Crippen molar-refractivity contribution in [2.24, 2.45) is 5.92 Å². The van der Waals surface area contributed by atoms with Gasteiger partial charge in [-0.2, -0.15) is 0 Å². The van der Waals surface area contributed by atoms with E-state index in [0.29, 0.717) is 12.5 Å². The van der Waals surface area contributed by atoms with Crippen LogP contribution in [0.25, 0.3) is 0 Å². The van der Waals surface area contributed by atoms with Crippen LogP contribution in [0.1, 0.15) is 25.0 Å². The maximum atomic E-state index is 12.6. The average molecular weight is 421 g/mol. The third-order valence-corrected chi connectivity index (χ3v) is 4.39. The number of halogens is 1. The highest BCUT2D eigenvalue weighted by molar-refractivity contribution is 5.93. The fourth-order valence-corrected chi connectivity index (χ4v) is 3.17. The van der Waals surface area contributed by atoms with E-state index in [2.05, 4.69) is 19.2 Å². The number of amides is 1. The summed E-state index contributed by atoms with van der Waals surface area (Å²) in [6, 6.07) is 15.4. The van der Waals surface area contributed by atoms with Crippen molar-refractivity contribution in [3.63, 3.8) is 0 Å². The second-order valence-electron chi connectivity index (χ2n) is 7.68. The van der Waals surface area contributed by atoms with Gasteiger partial charge >= 0.3 is 0 Å². The molecule has 2 N–H and O–H groups in total. The van der Waals surface area contributed by atoms with Gasteiger partial charge in [0.25, 0.3) is 0 Å². The SMILES string of the molecule is Cc1cccc(C)c1NC(=O)CN(CC(C)C)CC(O)COc1ccccc1.Cl. The van der Waals surface area contributed by atoms with E-state index in [1.807, 2.05) is 67.3 Å². The molecular weight excluding hydrogens is 388 g/mol. The lowest BCUT2D eigenvalue weighted by Gasteiger charge is -2.26. The fourth-order valence-electron chi connectivity index (χ4n) is 3.17. The van der Waals surface area contributed by atoms with Gasteiger partial charge in [-0.3, -0.25) is 9.69 Å². The van der Waals surface area contributed by atoms with E-state index in [0.717, 1.165) is 29.1 Å². The Labute approximate surface area is 180 Å². The number of carbonyl (C=O) groups is 1. The van der Waals surface area contributed by atoms with E-state index in [4.69, 9.17) is 4.74 Å². The maximum Gasteiger partial charge on any atom is 0.238 e. The summed E-state index contributed by atoms with van der Waals surface area (Å²) in [7, 11) is 0. The molecule has 1 atom stereocenters. The quantitative estimate of drug-likeness (QED) is 0.608. The number of ether oxygens (including phenoxy) is 1. The molecule has 0 saturated carbocycles. The van der Waals surface area contributed by atoms with Crippen LogP contribution in [0.2, 0.25) is 0 Å². The van der Waals surface area contributed by atoms with Crippen LogP contribution in [-0.4, -0.2) is 48.3 Å². The second kappa shape index (κ2) is 12.5. The topological polar surface area (TPSA) is 61.8 Å². The minimum absolute atomic E-state index is 0. The first-order valence-electron chi connectivity index (χ1n) is 9.79.